The highest BCUT2D eigenvalue weighted by Gasteiger charge is 2.17. The van der Waals surface area contributed by atoms with Gasteiger partial charge in [-0.3, -0.25) is 14.9 Å². The first-order valence-electron chi connectivity index (χ1n) is 8.24. The number of fused-ring (bicyclic) bond motifs is 1. The van der Waals surface area contributed by atoms with Gasteiger partial charge in [0, 0.05) is 34.6 Å². The second-order valence-corrected chi connectivity index (χ2v) is 7.44. The minimum Gasteiger partial charge on any atom is -0.350 e. The molecule has 4 rings (SSSR count). The van der Waals surface area contributed by atoms with Crippen molar-refractivity contribution in [2.75, 3.05) is 5.32 Å². The van der Waals surface area contributed by atoms with E-state index < -0.39 is 17.2 Å². The standard InChI is InChI=1S/C20H13ClFN3O2S/c1-25-9-15(18(26)14-8-13(22)6-7-17(14)25)19(27)24-20-23-16(10-28-20)11-2-4-12(21)5-3-11/h2-10H,1H3,(H,23,24,27). The van der Waals surface area contributed by atoms with E-state index in [9.17, 15) is 14.0 Å². The number of halogens is 2. The van der Waals surface area contributed by atoms with Crippen LogP contribution < -0.4 is 10.7 Å². The van der Waals surface area contributed by atoms with E-state index in [2.05, 4.69) is 10.3 Å². The highest BCUT2D eigenvalue weighted by atomic mass is 35.5. The molecule has 5 nitrogen and oxygen atoms in total. The lowest BCUT2D eigenvalue weighted by Gasteiger charge is -2.08. The van der Waals surface area contributed by atoms with E-state index in [0.29, 0.717) is 21.4 Å². The third-order valence-corrected chi connectivity index (χ3v) is 5.27. The van der Waals surface area contributed by atoms with E-state index in [-0.39, 0.29) is 10.9 Å². The van der Waals surface area contributed by atoms with Crippen LogP contribution >= 0.6 is 22.9 Å². The monoisotopic (exact) mass is 413 g/mol. The molecule has 0 fully saturated rings. The van der Waals surface area contributed by atoms with E-state index in [4.69, 9.17) is 11.6 Å². The Hall–Kier alpha value is -3.03. The summed E-state index contributed by atoms with van der Waals surface area (Å²) in [6, 6.07) is 11.1. The number of carbonyl (C=O) groups excluding carboxylic acids is 1. The molecule has 28 heavy (non-hydrogen) atoms. The van der Waals surface area contributed by atoms with Crippen LogP contribution in [0.3, 0.4) is 0 Å². The number of thiazole rings is 1. The third-order valence-electron chi connectivity index (χ3n) is 4.26. The molecule has 4 aromatic rings. The Morgan fingerprint density at radius 2 is 1.96 bits per heavy atom. The number of pyridine rings is 1. The van der Waals surface area contributed by atoms with Gasteiger partial charge in [0.2, 0.25) is 5.43 Å². The van der Waals surface area contributed by atoms with Crippen molar-refractivity contribution in [1.82, 2.24) is 9.55 Å². The third kappa shape index (κ3) is 3.42. The number of nitrogens with one attached hydrogen (secondary N) is 1. The highest BCUT2D eigenvalue weighted by molar-refractivity contribution is 7.14. The largest absolute Gasteiger partial charge is 0.350 e. The molecule has 1 amide bonds. The van der Waals surface area contributed by atoms with Gasteiger partial charge in [-0.1, -0.05) is 23.7 Å². The van der Waals surface area contributed by atoms with Crippen molar-refractivity contribution < 1.29 is 9.18 Å². The van der Waals surface area contributed by atoms with Crippen molar-refractivity contribution in [3.05, 3.63) is 80.7 Å². The zero-order valence-electron chi connectivity index (χ0n) is 14.6. The topological polar surface area (TPSA) is 64.0 Å². The Labute approximate surface area is 168 Å². The van der Waals surface area contributed by atoms with Gasteiger partial charge < -0.3 is 4.57 Å². The summed E-state index contributed by atoms with van der Waals surface area (Å²) in [6.45, 7) is 0. The fraction of sp³-hybridized carbons (Fsp3) is 0.0500. The summed E-state index contributed by atoms with van der Waals surface area (Å²) in [5, 5.41) is 5.57. The van der Waals surface area contributed by atoms with Crippen LogP contribution in [0.4, 0.5) is 9.52 Å². The number of hydrogen-bond donors (Lipinski definition) is 1. The van der Waals surface area contributed by atoms with Crippen molar-refractivity contribution in [1.29, 1.82) is 0 Å². The molecule has 0 unspecified atom stereocenters. The Morgan fingerprint density at radius 1 is 1.21 bits per heavy atom. The smallest absolute Gasteiger partial charge is 0.262 e. The van der Waals surface area contributed by atoms with Crippen molar-refractivity contribution >= 4 is 44.9 Å². The Kier molecular flexibility index (Phi) is 4.70. The second kappa shape index (κ2) is 7.18. The van der Waals surface area contributed by atoms with E-state index >= 15 is 0 Å². The average Bonchev–Trinajstić information content (AvgIpc) is 3.13. The Balaban J connectivity index is 1.65. The number of amides is 1. The van der Waals surface area contributed by atoms with Gasteiger partial charge >= 0.3 is 0 Å². The molecule has 140 valence electrons. The number of anilines is 1. The lowest BCUT2D eigenvalue weighted by molar-refractivity contribution is 0.102. The first-order valence-corrected chi connectivity index (χ1v) is 9.50. The molecular formula is C20H13ClFN3O2S. The van der Waals surface area contributed by atoms with Gasteiger partial charge in [0.25, 0.3) is 5.91 Å². The lowest BCUT2D eigenvalue weighted by Crippen LogP contribution is -2.23. The molecule has 0 saturated carbocycles. The first-order chi connectivity index (χ1) is 13.4. The van der Waals surface area contributed by atoms with Gasteiger partial charge in [0.05, 0.1) is 11.2 Å². The van der Waals surface area contributed by atoms with E-state index in [0.717, 1.165) is 11.6 Å². The minimum absolute atomic E-state index is 0.0798. The maximum atomic E-state index is 13.6. The van der Waals surface area contributed by atoms with Crippen LogP contribution in [0.1, 0.15) is 10.4 Å². The predicted octanol–water partition coefficient (Wildman–Crippen LogP) is 4.71. The average molecular weight is 414 g/mol. The van der Waals surface area contributed by atoms with Gasteiger partial charge in [-0.05, 0) is 30.3 Å². The van der Waals surface area contributed by atoms with E-state index in [1.54, 1.807) is 29.1 Å². The molecule has 0 aliphatic rings. The molecular weight excluding hydrogens is 401 g/mol. The van der Waals surface area contributed by atoms with Crippen LogP contribution in [-0.4, -0.2) is 15.5 Å². The Morgan fingerprint density at radius 3 is 2.71 bits per heavy atom. The summed E-state index contributed by atoms with van der Waals surface area (Å²) in [5.74, 6) is -1.13. The van der Waals surface area contributed by atoms with Crippen LogP contribution in [0.25, 0.3) is 22.2 Å². The van der Waals surface area contributed by atoms with Crippen LogP contribution in [-0.2, 0) is 7.05 Å². The summed E-state index contributed by atoms with van der Waals surface area (Å²) < 4.78 is 15.2. The molecule has 0 aliphatic carbocycles. The maximum Gasteiger partial charge on any atom is 0.262 e. The number of aromatic nitrogens is 2. The molecule has 0 atom stereocenters. The van der Waals surface area contributed by atoms with Gasteiger partial charge in [-0.25, -0.2) is 9.37 Å². The van der Waals surface area contributed by atoms with Crippen LogP contribution in [0.2, 0.25) is 5.02 Å². The molecule has 2 aromatic heterocycles. The van der Waals surface area contributed by atoms with Crippen molar-refractivity contribution in [3.63, 3.8) is 0 Å². The normalized spacial score (nSPS) is 11.0. The zero-order valence-corrected chi connectivity index (χ0v) is 16.1. The highest BCUT2D eigenvalue weighted by Crippen LogP contribution is 2.26. The molecule has 0 radical (unpaired) electrons. The quantitative estimate of drug-likeness (QED) is 0.529. The first kappa shape index (κ1) is 18.3. The van der Waals surface area contributed by atoms with Gasteiger partial charge in [0.1, 0.15) is 11.4 Å². The molecule has 0 saturated heterocycles. The lowest BCUT2D eigenvalue weighted by atomic mass is 10.1. The molecule has 8 heteroatoms. The fourth-order valence-electron chi connectivity index (χ4n) is 2.88. The van der Waals surface area contributed by atoms with Crippen molar-refractivity contribution in [3.8, 4) is 11.3 Å². The summed E-state index contributed by atoms with van der Waals surface area (Å²) in [5.41, 5.74) is 1.48. The molecule has 0 aliphatic heterocycles. The van der Waals surface area contributed by atoms with Gasteiger partial charge in [-0.15, -0.1) is 11.3 Å². The Bertz CT molecular complexity index is 1260. The molecule has 1 N–H and O–H groups in total. The summed E-state index contributed by atoms with van der Waals surface area (Å²) >= 11 is 7.13. The predicted molar refractivity (Wildman–Crippen MR) is 110 cm³/mol. The van der Waals surface area contributed by atoms with Crippen molar-refractivity contribution in [2.45, 2.75) is 0 Å². The SMILES string of the molecule is Cn1cc(C(=O)Nc2nc(-c3ccc(Cl)cc3)cs2)c(=O)c2cc(F)ccc21. The summed E-state index contributed by atoms with van der Waals surface area (Å²) in [4.78, 5) is 29.7. The fourth-order valence-corrected chi connectivity index (χ4v) is 3.72. The van der Waals surface area contributed by atoms with Gasteiger partial charge in [-0.2, -0.15) is 0 Å². The number of hydrogen-bond acceptors (Lipinski definition) is 4. The minimum atomic E-state index is -0.594. The number of nitrogens with zero attached hydrogens (tertiary/aromatic N) is 2. The maximum absolute atomic E-state index is 13.6. The van der Waals surface area contributed by atoms with E-state index in [1.165, 1.54) is 29.7 Å². The number of benzene rings is 2. The number of rotatable bonds is 3. The van der Waals surface area contributed by atoms with Crippen LogP contribution in [0.5, 0.6) is 0 Å². The van der Waals surface area contributed by atoms with Crippen LogP contribution in [0, 0.1) is 5.82 Å². The van der Waals surface area contributed by atoms with E-state index in [1.807, 2.05) is 12.1 Å². The number of aryl methyl sites for hydroxylation is 1. The molecule has 2 heterocycles. The van der Waals surface area contributed by atoms with Crippen molar-refractivity contribution in [2.24, 2.45) is 7.05 Å². The summed E-state index contributed by atoms with van der Waals surface area (Å²) in [6.07, 6.45) is 1.44. The molecule has 2 aromatic carbocycles. The molecule has 0 bridgehead atoms. The van der Waals surface area contributed by atoms with Crippen LogP contribution in [0.15, 0.2) is 58.8 Å². The number of carbonyl (C=O) groups is 1. The molecule has 0 spiro atoms. The zero-order chi connectivity index (χ0) is 19.8. The second-order valence-electron chi connectivity index (χ2n) is 6.14. The van der Waals surface area contributed by atoms with Gasteiger partial charge in [0.15, 0.2) is 5.13 Å². The summed E-state index contributed by atoms with van der Waals surface area (Å²) in [7, 11) is 1.69.